The minimum atomic E-state index is -4.44. The first-order valence-electron chi connectivity index (χ1n) is 5.67. The summed E-state index contributed by atoms with van der Waals surface area (Å²) in [5.74, 6) is -1.88. The molecule has 100 valence electrons. The summed E-state index contributed by atoms with van der Waals surface area (Å²) in [4.78, 5) is 10.3. The molecule has 18 heavy (non-hydrogen) atoms. The lowest BCUT2D eigenvalue weighted by atomic mass is 10.1. The number of carbonyl (C=O) groups excluding carboxylic acids is 1. The molecule has 5 heteroatoms. The molecule has 0 aliphatic heterocycles. The average Bonchev–Trinajstić information content (AvgIpc) is 2.33. The lowest BCUT2D eigenvalue weighted by molar-refractivity contribution is -0.176. The van der Waals surface area contributed by atoms with E-state index in [9.17, 15) is 18.0 Å². The van der Waals surface area contributed by atoms with Gasteiger partial charge in [-0.2, -0.15) is 13.2 Å². The van der Waals surface area contributed by atoms with Crippen molar-refractivity contribution in [1.82, 2.24) is 0 Å². The minimum absolute atomic E-state index is 0.0444. The van der Waals surface area contributed by atoms with E-state index in [0.717, 1.165) is 5.56 Å². The van der Waals surface area contributed by atoms with Gasteiger partial charge in [-0.05, 0) is 18.4 Å². The van der Waals surface area contributed by atoms with Crippen molar-refractivity contribution in [1.29, 1.82) is 0 Å². The molecule has 1 rings (SSSR count). The molecule has 0 radical (unpaired) electrons. The van der Waals surface area contributed by atoms with Crippen LogP contribution in [0.1, 0.15) is 18.4 Å². The van der Waals surface area contributed by atoms with E-state index in [2.05, 4.69) is 0 Å². The molecule has 0 N–H and O–H groups in total. The number of benzene rings is 1. The number of carbonyl (C=O) groups is 1. The van der Waals surface area contributed by atoms with Crippen LogP contribution in [0, 0.1) is 5.92 Å². The number of rotatable bonds is 7. The Bertz CT molecular complexity index is 349. The molecular weight excluding hydrogens is 245 g/mol. The quantitative estimate of drug-likeness (QED) is 0.555. The first kappa shape index (κ1) is 14.7. The molecule has 0 unspecified atom stereocenters. The van der Waals surface area contributed by atoms with Gasteiger partial charge in [-0.15, -0.1) is 0 Å². The summed E-state index contributed by atoms with van der Waals surface area (Å²) in [6, 6.07) is 9.37. The molecule has 1 atom stereocenters. The second kappa shape index (κ2) is 7.16. The molecule has 0 fully saturated rings. The van der Waals surface area contributed by atoms with E-state index in [-0.39, 0.29) is 25.7 Å². The van der Waals surface area contributed by atoms with Crippen LogP contribution >= 0.6 is 0 Å². The van der Waals surface area contributed by atoms with Crippen LogP contribution in [0.4, 0.5) is 13.2 Å². The molecule has 0 aromatic heterocycles. The maximum absolute atomic E-state index is 12.2. The Morgan fingerprint density at radius 3 is 2.44 bits per heavy atom. The van der Waals surface area contributed by atoms with Gasteiger partial charge in [-0.25, -0.2) is 0 Å². The first-order valence-corrected chi connectivity index (χ1v) is 5.67. The minimum Gasteiger partial charge on any atom is -0.377 e. The molecule has 0 amide bonds. The van der Waals surface area contributed by atoms with Gasteiger partial charge in [-0.1, -0.05) is 30.3 Å². The third-order valence-corrected chi connectivity index (χ3v) is 2.50. The van der Waals surface area contributed by atoms with Crippen molar-refractivity contribution >= 4 is 6.29 Å². The molecule has 1 aromatic carbocycles. The van der Waals surface area contributed by atoms with Crippen LogP contribution in [0.2, 0.25) is 0 Å². The highest BCUT2D eigenvalue weighted by Gasteiger charge is 2.38. The molecule has 0 spiro atoms. The summed E-state index contributed by atoms with van der Waals surface area (Å²) < 4.78 is 41.9. The van der Waals surface area contributed by atoms with Crippen molar-refractivity contribution in [2.24, 2.45) is 5.92 Å². The Kier molecular flexibility index (Phi) is 5.85. The summed E-state index contributed by atoms with van der Waals surface area (Å²) in [6.07, 6.45) is -4.49. The monoisotopic (exact) mass is 260 g/mol. The van der Waals surface area contributed by atoms with Gasteiger partial charge in [0.05, 0.1) is 6.61 Å². The number of ether oxygens (including phenoxy) is 1. The van der Waals surface area contributed by atoms with Crippen molar-refractivity contribution in [2.75, 3.05) is 6.61 Å². The summed E-state index contributed by atoms with van der Waals surface area (Å²) in [5, 5.41) is 0. The van der Waals surface area contributed by atoms with Crippen molar-refractivity contribution in [3.63, 3.8) is 0 Å². The predicted octanol–water partition coefficient (Wildman–Crippen LogP) is 3.36. The standard InChI is InChI=1S/C13H15F3O2/c14-13(15,16)12(9-17)7-4-8-18-10-11-5-2-1-3-6-11/h1-3,5-6,9,12H,4,7-8,10H2/t12-/m0/s1. The normalized spacial score (nSPS) is 13.3. The van der Waals surface area contributed by atoms with Gasteiger partial charge in [0.25, 0.3) is 0 Å². The highest BCUT2D eigenvalue weighted by atomic mass is 19.4. The topological polar surface area (TPSA) is 26.3 Å². The van der Waals surface area contributed by atoms with Gasteiger partial charge in [0.15, 0.2) is 0 Å². The summed E-state index contributed by atoms with van der Waals surface area (Å²) in [5.41, 5.74) is 0.972. The Labute approximate surface area is 104 Å². The second-order valence-corrected chi connectivity index (χ2v) is 3.96. The van der Waals surface area contributed by atoms with Crippen LogP contribution in [0.15, 0.2) is 30.3 Å². The fraction of sp³-hybridized carbons (Fsp3) is 0.462. The zero-order chi connectivity index (χ0) is 13.4. The molecule has 1 aromatic rings. The molecule has 0 saturated carbocycles. The van der Waals surface area contributed by atoms with Crippen LogP contribution < -0.4 is 0 Å². The predicted molar refractivity (Wildman–Crippen MR) is 60.9 cm³/mol. The first-order chi connectivity index (χ1) is 8.54. The summed E-state index contributed by atoms with van der Waals surface area (Å²) in [6.45, 7) is 0.591. The maximum Gasteiger partial charge on any atom is 0.398 e. The highest BCUT2D eigenvalue weighted by molar-refractivity contribution is 5.54. The number of aldehydes is 1. The van der Waals surface area contributed by atoms with Crippen LogP contribution in [0.25, 0.3) is 0 Å². The zero-order valence-corrected chi connectivity index (χ0v) is 9.82. The van der Waals surface area contributed by atoms with E-state index in [1.165, 1.54) is 0 Å². The number of hydrogen-bond acceptors (Lipinski definition) is 2. The van der Waals surface area contributed by atoms with Crippen molar-refractivity contribution in [2.45, 2.75) is 25.6 Å². The van der Waals surface area contributed by atoms with E-state index in [1.54, 1.807) is 0 Å². The van der Waals surface area contributed by atoms with Crippen molar-refractivity contribution in [3.8, 4) is 0 Å². The fourth-order valence-corrected chi connectivity index (χ4v) is 1.48. The van der Waals surface area contributed by atoms with Gasteiger partial charge in [0.2, 0.25) is 0 Å². The van der Waals surface area contributed by atoms with Gasteiger partial charge >= 0.3 is 6.18 Å². The molecule has 2 nitrogen and oxygen atoms in total. The van der Waals surface area contributed by atoms with Crippen LogP contribution in [-0.2, 0) is 16.1 Å². The molecule has 0 heterocycles. The summed E-state index contributed by atoms with van der Waals surface area (Å²) >= 11 is 0. The van der Waals surface area contributed by atoms with E-state index in [1.807, 2.05) is 30.3 Å². The van der Waals surface area contributed by atoms with E-state index < -0.39 is 12.1 Å². The Balaban J connectivity index is 2.17. The Morgan fingerprint density at radius 1 is 1.22 bits per heavy atom. The molecule has 0 aliphatic rings. The smallest absolute Gasteiger partial charge is 0.377 e. The van der Waals surface area contributed by atoms with E-state index >= 15 is 0 Å². The lowest BCUT2D eigenvalue weighted by Crippen LogP contribution is -2.24. The van der Waals surface area contributed by atoms with Gasteiger partial charge in [-0.3, -0.25) is 0 Å². The number of alkyl halides is 3. The van der Waals surface area contributed by atoms with Crippen molar-refractivity contribution < 1.29 is 22.7 Å². The molecular formula is C13H15F3O2. The van der Waals surface area contributed by atoms with Crippen LogP contribution in [-0.4, -0.2) is 19.1 Å². The highest BCUT2D eigenvalue weighted by Crippen LogP contribution is 2.28. The lowest BCUT2D eigenvalue weighted by Gasteiger charge is -2.13. The van der Waals surface area contributed by atoms with Gasteiger partial charge < -0.3 is 9.53 Å². The largest absolute Gasteiger partial charge is 0.398 e. The SMILES string of the molecule is O=C[C@H](CCCOCc1ccccc1)C(F)(F)F. The third kappa shape index (κ3) is 5.31. The Morgan fingerprint density at radius 2 is 1.89 bits per heavy atom. The van der Waals surface area contributed by atoms with Crippen molar-refractivity contribution in [3.05, 3.63) is 35.9 Å². The third-order valence-electron chi connectivity index (χ3n) is 2.50. The van der Waals surface area contributed by atoms with Crippen LogP contribution in [0.3, 0.4) is 0 Å². The van der Waals surface area contributed by atoms with Gasteiger partial charge in [0.1, 0.15) is 12.2 Å². The average molecular weight is 260 g/mol. The maximum atomic E-state index is 12.2. The number of hydrogen-bond donors (Lipinski definition) is 0. The number of halogens is 3. The van der Waals surface area contributed by atoms with Gasteiger partial charge in [0, 0.05) is 6.61 Å². The molecule has 0 aliphatic carbocycles. The Hall–Kier alpha value is -1.36. The van der Waals surface area contributed by atoms with Crippen LogP contribution in [0.5, 0.6) is 0 Å². The zero-order valence-electron chi connectivity index (χ0n) is 9.82. The second-order valence-electron chi connectivity index (χ2n) is 3.96. The molecule has 0 saturated heterocycles. The summed E-state index contributed by atoms with van der Waals surface area (Å²) in [7, 11) is 0. The fourth-order valence-electron chi connectivity index (χ4n) is 1.48. The van der Waals surface area contributed by atoms with E-state index in [4.69, 9.17) is 4.74 Å². The molecule has 0 bridgehead atoms. The van der Waals surface area contributed by atoms with E-state index in [0.29, 0.717) is 6.61 Å².